The number of rotatable bonds is 9. The van der Waals surface area contributed by atoms with Gasteiger partial charge in [0.2, 0.25) is 0 Å². The van der Waals surface area contributed by atoms with Crippen LogP contribution in [0.2, 0.25) is 0 Å². The molecule has 7 nitrogen and oxygen atoms in total. The molecule has 1 aromatic heterocycles. The molecule has 2 heterocycles. The summed E-state index contributed by atoms with van der Waals surface area (Å²) in [6.45, 7) is 1.41. The fourth-order valence-corrected chi connectivity index (χ4v) is 2.59. The van der Waals surface area contributed by atoms with Crippen molar-refractivity contribution in [3.63, 3.8) is 0 Å². The lowest BCUT2D eigenvalue weighted by Gasteiger charge is -2.21. The van der Waals surface area contributed by atoms with Crippen LogP contribution in [0.4, 0.5) is 8.78 Å². The lowest BCUT2D eigenvalue weighted by molar-refractivity contribution is 0.0203. The Morgan fingerprint density at radius 3 is 2.88 bits per heavy atom. The van der Waals surface area contributed by atoms with Crippen molar-refractivity contribution >= 4 is 29.9 Å². The molecule has 2 N–H and O–H groups in total. The van der Waals surface area contributed by atoms with Crippen LogP contribution in [0.3, 0.4) is 0 Å². The van der Waals surface area contributed by atoms with E-state index < -0.39 is 6.55 Å². The molecule has 0 amide bonds. The zero-order chi connectivity index (χ0) is 17.9. The van der Waals surface area contributed by atoms with E-state index in [0.29, 0.717) is 25.0 Å². The van der Waals surface area contributed by atoms with E-state index in [1.807, 2.05) is 0 Å². The van der Waals surface area contributed by atoms with Gasteiger partial charge < -0.3 is 20.1 Å². The average molecular weight is 487 g/mol. The molecule has 1 aliphatic heterocycles. The number of nitrogens with one attached hydrogen (secondary N) is 2. The number of guanidine groups is 1. The molecule has 1 aromatic rings. The van der Waals surface area contributed by atoms with Gasteiger partial charge in [0, 0.05) is 52.4 Å². The third-order valence-electron chi connectivity index (χ3n) is 4.05. The lowest BCUT2D eigenvalue weighted by atomic mass is 10.0. The largest absolute Gasteiger partial charge is 0.381 e. The first-order valence-corrected chi connectivity index (χ1v) is 8.60. The highest BCUT2D eigenvalue weighted by atomic mass is 127. The number of halogens is 3. The van der Waals surface area contributed by atoms with Gasteiger partial charge >= 0.3 is 6.55 Å². The number of alkyl halides is 2. The van der Waals surface area contributed by atoms with Crippen LogP contribution in [-0.2, 0) is 16.0 Å². The smallest absolute Gasteiger partial charge is 0.319 e. The fourth-order valence-electron chi connectivity index (χ4n) is 2.59. The van der Waals surface area contributed by atoms with Crippen molar-refractivity contribution in [1.29, 1.82) is 0 Å². The third kappa shape index (κ3) is 8.12. The first-order chi connectivity index (χ1) is 12.2. The highest BCUT2D eigenvalue weighted by molar-refractivity contribution is 14.0. The number of hydrogen-bond acceptors (Lipinski definition) is 4. The van der Waals surface area contributed by atoms with Gasteiger partial charge in [-0.15, -0.1) is 24.0 Å². The minimum atomic E-state index is -2.60. The Balaban J connectivity index is 0.00000338. The molecule has 0 bridgehead atoms. The van der Waals surface area contributed by atoms with E-state index in [4.69, 9.17) is 9.47 Å². The summed E-state index contributed by atoms with van der Waals surface area (Å²) in [6.07, 6.45) is 5.60. The summed E-state index contributed by atoms with van der Waals surface area (Å²) in [7, 11) is 1.64. The minimum Gasteiger partial charge on any atom is -0.381 e. The topological polar surface area (TPSA) is 72.7 Å². The SMILES string of the molecule is CN=C(NCCCOCC1CCOCC1)NCc1nccn1C(F)F.I. The highest BCUT2D eigenvalue weighted by Crippen LogP contribution is 2.14. The molecule has 1 fully saturated rings. The van der Waals surface area contributed by atoms with Crippen LogP contribution < -0.4 is 10.6 Å². The van der Waals surface area contributed by atoms with Gasteiger partial charge in [0.1, 0.15) is 5.82 Å². The second-order valence-corrected chi connectivity index (χ2v) is 5.87. The van der Waals surface area contributed by atoms with Gasteiger partial charge in [-0.05, 0) is 25.2 Å². The van der Waals surface area contributed by atoms with Crippen LogP contribution in [0.5, 0.6) is 0 Å². The summed E-state index contributed by atoms with van der Waals surface area (Å²) >= 11 is 0. The molecule has 0 unspecified atom stereocenters. The van der Waals surface area contributed by atoms with Gasteiger partial charge in [-0.25, -0.2) is 4.98 Å². The molecule has 0 aliphatic carbocycles. The van der Waals surface area contributed by atoms with Crippen LogP contribution in [0.25, 0.3) is 0 Å². The van der Waals surface area contributed by atoms with Crippen molar-refractivity contribution in [2.45, 2.75) is 32.4 Å². The van der Waals surface area contributed by atoms with Crippen molar-refractivity contribution in [3.8, 4) is 0 Å². The van der Waals surface area contributed by atoms with E-state index >= 15 is 0 Å². The van der Waals surface area contributed by atoms with Crippen LogP contribution >= 0.6 is 24.0 Å². The highest BCUT2D eigenvalue weighted by Gasteiger charge is 2.13. The molecule has 0 radical (unpaired) electrons. The van der Waals surface area contributed by atoms with E-state index in [1.54, 1.807) is 7.05 Å². The molecule has 0 aromatic carbocycles. The number of nitrogens with zero attached hydrogens (tertiary/aromatic N) is 3. The lowest BCUT2D eigenvalue weighted by Crippen LogP contribution is -2.38. The number of hydrogen-bond donors (Lipinski definition) is 2. The van der Waals surface area contributed by atoms with Gasteiger partial charge in [0.05, 0.1) is 6.54 Å². The molecule has 1 aliphatic rings. The maximum Gasteiger partial charge on any atom is 0.319 e. The fraction of sp³-hybridized carbons (Fsp3) is 0.750. The summed E-state index contributed by atoms with van der Waals surface area (Å²) in [4.78, 5) is 7.99. The molecule has 26 heavy (non-hydrogen) atoms. The standard InChI is InChI=1S/C16H27F2N5O2.HI/c1-19-16(22-11-14-20-6-7-23(14)15(17)18)21-5-2-8-25-12-13-3-9-24-10-4-13;/h6-7,13,15H,2-5,8-12H2,1H3,(H2,19,21,22);1H. The van der Waals surface area contributed by atoms with Crippen molar-refractivity contribution in [2.75, 3.05) is 40.0 Å². The Hall–Kier alpha value is -1.01. The molecule has 10 heteroatoms. The van der Waals surface area contributed by atoms with Crippen LogP contribution in [0.1, 0.15) is 31.6 Å². The molecule has 0 saturated carbocycles. The molecule has 0 spiro atoms. The number of imidazole rings is 1. The minimum absolute atomic E-state index is 0. The zero-order valence-corrected chi connectivity index (χ0v) is 17.3. The monoisotopic (exact) mass is 487 g/mol. The molecular weight excluding hydrogens is 459 g/mol. The van der Waals surface area contributed by atoms with Crippen LogP contribution in [0, 0.1) is 5.92 Å². The molecule has 150 valence electrons. The predicted molar refractivity (Wildman–Crippen MR) is 106 cm³/mol. The molecule has 0 atom stereocenters. The number of ether oxygens (including phenoxy) is 2. The summed E-state index contributed by atoms with van der Waals surface area (Å²) in [5, 5.41) is 6.11. The first-order valence-electron chi connectivity index (χ1n) is 8.60. The quantitative estimate of drug-likeness (QED) is 0.242. The van der Waals surface area contributed by atoms with Crippen LogP contribution in [-0.4, -0.2) is 55.5 Å². The third-order valence-corrected chi connectivity index (χ3v) is 4.05. The maximum atomic E-state index is 12.8. The number of aromatic nitrogens is 2. The summed E-state index contributed by atoms with van der Waals surface area (Å²) in [5.41, 5.74) is 0. The second-order valence-electron chi connectivity index (χ2n) is 5.87. The van der Waals surface area contributed by atoms with E-state index in [9.17, 15) is 8.78 Å². The first kappa shape index (κ1) is 23.0. The van der Waals surface area contributed by atoms with Gasteiger partial charge in [-0.3, -0.25) is 9.56 Å². The van der Waals surface area contributed by atoms with E-state index in [0.717, 1.165) is 43.7 Å². The van der Waals surface area contributed by atoms with Gasteiger partial charge in [-0.2, -0.15) is 8.78 Å². The number of aliphatic imine (C=N–C) groups is 1. The van der Waals surface area contributed by atoms with E-state index in [-0.39, 0.29) is 36.3 Å². The summed E-state index contributed by atoms with van der Waals surface area (Å²) in [6, 6.07) is 0. The predicted octanol–water partition coefficient (Wildman–Crippen LogP) is 2.39. The molecule has 2 rings (SSSR count). The van der Waals surface area contributed by atoms with Crippen molar-refractivity contribution in [2.24, 2.45) is 10.9 Å². The van der Waals surface area contributed by atoms with E-state index in [1.165, 1.54) is 12.4 Å². The molecular formula is C16H28F2IN5O2. The van der Waals surface area contributed by atoms with Crippen molar-refractivity contribution in [1.82, 2.24) is 20.2 Å². The zero-order valence-electron chi connectivity index (χ0n) is 15.0. The Morgan fingerprint density at radius 2 is 2.19 bits per heavy atom. The Morgan fingerprint density at radius 1 is 1.42 bits per heavy atom. The second kappa shape index (κ2) is 13.2. The van der Waals surface area contributed by atoms with Gasteiger partial charge in [0.25, 0.3) is 0 Å². The van der Waals surface area contributed by atoms with Crippen molar-refractivity contribution in [3.05, 3.63) is 18.2 Å². The summed E-state index contributed by atoms with van der Waals surface area (Å²) < 4.78 is 37.3. The van der Waals surface area contributed by atoms with E-state index in [2.05, 4.69) is 20.6 Å². The average Bonchev–Trinajstić information content (AvgIpc) is 3.10. The normalized spacial score (nSPS) is 15.8. The van der Waals surface area contributed by atoms with Crippen molar-refractivity contribution < 1.29 is 18.3 Å². The Kier molecular flexibility index (Phi) is 11.7. The Labute approximate surface area is 170 Å². The molecule has 1 saturated heterocycles. The van der Waals surface area contributed by atoms with Crippen LogP contribution in [0.15, 0.2) is 17.4 Å². The van der Waals surface area contributed by atoms with Gasteiger partial charge in [-0.1, -0.05) is 0 Å². The maximum absolute atomic E-state index is 12.8. The van der Waals surface area contributed by atoms with Gasteiger partial charge in [0.15, 0.2) is 5.96 Å². The Bertz CT molecular complexity index is 524. The summed E-state index contributed by atoms with van der Waals surface area (Å²) in [5.74, 6) is 1.42.